The molecule has 0 unspecified atom stereocenters. The summed E-state index contributed by atoms with van der Waals surface area (Å²) in [6.45, 7) is -1.65. The molecule has 18 heavy (non-hydrogen) atoms. The zero-order valence-corrected chi connectivity index (χ0v) is 9.25. The van der Waals surface area contributed by atoms with Crippen LogP contribution in [-0.4, -0.2) is 19.2 Å². The Hall–Kier alpha value is -2.23. The number of rotatable bonds is 4. The number of benzene rings is 1. The molecule has 7 heteroatoms. The first-order valence-electron chi connectivity index (χ1n) is 4.85. The van der Waals surface area contributed by atoms with Crippen LogP contribution < -0.4 is 4.74 Å². The first-order valence-corrected chi connectivity index (χ1v) is 4.85. The summed E-state index contributed by atoms with van der Waals surface area (Å²) in [5.74, 6) is -2.66. The van der Waals surface area contributed by atoms with Gasteiger partial charge >= 0.3 is 12.6 Å². The Labute approximate surface area is 101 Å². The molecule has 96 valence electrons. The second-order valence-corrected chi connectivity index (χ2v) is 3.04. The number of halogens is 3. The summed E-state index contributed by atoms with van der Waals surface area (Å²) in [6, 6.07) is 2.98. The number of ether oxygens (including phenoxy) is 2. The second-order valence-electron chi connectivity index (χ2n) is 3.04. The summed E-state index contributed by atoms with van der Waals surface area (Å²) in [6.07, 6.45) is 0. The second kappa shape index (κ2) is 5.91. The van der Waals surface area contributed by atoms with Crippen molar-refractivity contribution in [3.05, 3.63) is 29.1 Å². The predicted molar refractivity (Wildman–Crippen MR) is 53.7 cm³/mol. The van der Waals surface area contributed by atoms with E-state index in [0.717, 1.165) is 12.1 Å². The number of nitriles is 1. The molecule has 0 amide bonds. The van der Waals surface area contributed by atoms with Crippen molar-refractivity contribution in [2.24, 2.45) is 0 Å². The molecule has 0 fully saturated rings. The summed E-state index contributed by atoms with van der Waals surface area (Å²) in [5, 5.41) is 8.63. The number of alkyl halides is 2. The van der Waals surface area contributed by atoms with Gasteiger partial charge in [-0.05, 0) is 13.0 Å². The van der Waals surface area contributed by atoms with Gasteiger partial charge in [-0.3, -0.25) is 0 Å². The average Bonchev–Trinajstić information content (AvgIpc) is 2.30. The maximum Gasteiger partial charge on any atom is 0.387 e. The minimum atomic E-state index is -3.14. The predicted octanol–water partition coefficient (Wildman–Crippen LogP) is 2.48. The first-order chi connectivity index (χ1) is 8.49. The molecule has 0 saturated heterocycles. The molecule has 0 aromatic heterocycles. The number of hydrogen-bond donors (Lipinski definition) is 0. The fourth-order valence-electron chi connectivity index (χ4n) is 1.21. The molecular weight excluding hydrogens is 251 g/mol. The van der Waals surface area contributed by atoms with E-state index < -0.39 is 35.3 Å². The molecule has 0 aliphatic rings. The van der Waals surface area contributed by atoms with Gasteiger partial charge < -0.3 is 9.47 Å². The molecular formula is C11H8F3NO3. The summed E-state index contributed by atoms with van der Waals surface area (Å²) in [5.41, 5.74) is -1.19. The van der Waals surface area contributed by atoms with Crippen molar-refractivity contribution in [1.82, 2.24) is 0 Å². The molecule has 0 atom stereocenters. The molecule has 4 nitrogen and oxygen atoms in total. The Bertz CT molecular complexity index is 497. The molecule has 0 radical (unpaired) electrons. The van der Waals surface area contributed by atoms with Crippen molar-refractivity contribution >= 4 is 5.97 Å². The van der Waals surface area contributed by atoms with Crippen LogP contribution in [0.15, 0.2) is 12.1 Å². The maximum absolute atomic E-state index is 13.6. The van der Waals surface area contributed by atoms with Crippen LogP contribution in [-0.2, 0) is 4.74 Å². The van der Waals surface area contributed by atoms with Crippen LogP contribution in [0.25, 0.3) is 0 Å². The van der Waals surface area contributed by atoms with Crippen molar-refractivity contribution in [2.45, 2.75) is 13.5 Å². The third-order valence-corrected chi connectivity index (χ3v) is 1.89. The lowest BCUT2D eigenvalue weighted by Gasteiger charge is -2.08. The van der Waals surface area contributed by atoms with Gasteiger partial charge in [-0.15, -0.1) is 0 Å². The summed E-state index contributed by atoms with van der Waals surface area (Å²) in [4.78, 5) is 11.4. The van der Waals surface area contributed by atoms with Crippen molar-refractivity contribution in [1.29, 1.82) is 5.26 Å². The number of esters is 1. The normalized spacial score (nSPS) is 10.0. The SMILES string of the molecule is CCOC(=O)c1cc(OC(F)F)cc(C#N)c1F. The zero-order chi connectivity index (χ0) is 13.7. The van der Waals surface area contributed by atoms with Crippen molar-refractivity contribution in [3.63, 3.8) is 0 Å². The van der Waals surface area contributed by atoms with Crippen LogP contribution in [0.1, 0.15) is 22.8 Å². The Morgan fingerprint density at radius 3 is 2.67 bits per heavy atom. The van der Waals surface area contributed by atoms with E-state index in [4.69, 9.17) is 5.26 Å². The largest absolute Gasteiger partial charge is 0.462 e. The third-order valence-electron chi connectivity index (χ3n) is 1.89. The van der Waals surface area contributed by atoms with Gasteiger partial charge in [0.25, 0.3) is 0 Å². The van der Waals surface area contributed by atoms with Gasteiger partial charge in [0.05, 0.1) is 12.2 Å². The Morgan fingerprint density at radius 2 is 2.17 bits per heavy atom. The molecule has 1 aromatic carbocycles. The standard InChI is InChI=1S/C11H8F3NO3/c1-2-17-10(16)8-4-7(18-11(13)14)3-6(5-15)9(8)12/h3-4,11H,2H2,1H3. The molecule has 0 aliphatic heterocycles. The third kappa shape index (κ3) is 3.13. The number of hydrogen-bond acceptors (Lipinski definition) is 4. The quantitative estimate of drug-likeness (QED) is 0.779. The minimum Gasteiger partial charge on any atom is -0.462 e. The average molecular weight is 259 g/mol. The van der Waals surface area contributed by atoms with Crippen LogP contribution in [0.4, 0.5) is 13.2 Å². The van der Waals surface area contributed by atoms with Gasteiger partial charge in [0.1, 0.15) is 17.4 Å². The number of carbonyl (C=O) groups excluding carboxylic acids is 1. The lowest BCUT2D eigenvalue weighted by Crippen LogP contribution is -2.10. The Kier molecular flexibility index (Phi) is 4.54. The highest BCUT2D eigenvalue weighted by molar-refractivity contribution is 5.90. The fourth-order valence-corrected chi connectivity index (χ4v) is 1.21. The van der Waals surface area contributed by atoms with Gasteiger partial charge in [0.15, 0.2) is 5.82 Å². The van der Waals surface area contributed by atoms with Gasteiger partial charge in [-0.2, -0.15) is 14.0 Å². The highest BCUT2D eigenvalue weighted by Gasteiger charge is 2.19. The Balaban J connectivity index is 3.23. The van der Waals surface area contributed by atoms with Crippen LogP contribution in [0.2, 0.25) is 0 Å². The van der Waals surface area contributed by atoms with E-state index >= 15 is 0 Å². The van der Waals surface area contributed by atoms with Crippen LogP contribution in [0.3, 0.4) is 0 Å². The summed E-state index contributed by atoms with van der Waals surface area (Å²) >= 11 is 0. The maximum atomic E-state index is 13.6. The highest BCUT2D eigenvalue weighted by Crippen LogP contribution is 2.23. The molecule has 0 aliphatic carbocycles. The van der Waals surface area contributed by atoms with E-state index in [1.54, 1.807) is 0 Å². The number of carbonyl (C=O) groups is 1. The van der Waals surface area contributed by atoms with Crippen molar-refractivity contribution < 1.29 is 27.4 Å². The summed E-state index contributed by atoms with van der Waals surface area (Å²) < 4.78 is 46.2. The molecule has 0 saturated carbocycles. The summed E-state index contributed by atoms with van der Waals surface area (Å²) in [7, 11) is 0. The molecule has 0 bridgehead atoms. The molecule has 0 N–H and O–H groups in total. The monoisotopic (exact) mass is 259 g/mol. The van der Waals surface area contributed by atoms with E-state index in [0.29, 0.717) is 0 Å². The van der Waals surface area contributed by atoms with Gasteiger partial charge in [0, 0.05) is 6.07 Å². The van der Waals surface area contributed by atoms with E-state index in [-0.39, 0.29) is 6.61 Å². The molecule has 0 heterocycles. The Morgan fingerprint density at radius 1 is 1.50 bits per heavy atom. The van der Waals surface area contributed by atoms with E-state index in [2.05, 4.69) is 9.47 Å². The van der Waals surface area contributed by atoms with E-state index in [1.165, 1.54) is 13.0 Å². The lowest BCUT2D eigenvalue weighted by atomic mass is 10.1. The van der Waals surface area contributed by atoms with Crippen LogP contribution in [0, 0.1) is 17.1 Å². The smallest absolute Gasteiger partial charge is 0.387 e. The lowest BCUT2D eigenvalue weighted by molar-refractivity contribution is -0.0500. The minimum absolute atomic E-state index is 0.0138. The van der Waals surface area contributed by atoms with E-state index in [1.807, 2.05) is 0 Å². The zero-order valence-electron chi connectivity index (χ0n) is 9.25. The highest BCUT2D eigenvalue weighted by atomic mass is 19.3. The number of nitrogens with zero attached hydrogens (tertiary/aromatic N) is 1. The topological polar surface area (TPSA) is 59.3 Å². The molecule has 1 aromatic rings. The van der Waals surface area contributed by atoms with Crippen LogP contribution >= 0.6 is 0 Å². The first kappa shape index (κ1) is 13.8. The van der Waals surface area contributed by atoms with Gasteiger partial charge in [0.2, 0.25) is 0 Å². The van der Waals surface area contributed by atoms with Gasteiger partial charge in [-0.1, -0.05) is 0 Å². The molecule has 0 spiro atoms. The van der Waals surface area contributed by atoms with Crippen molar-refractivity contribution in [3.8, 4) is 11.8 Å². The van der Waals surface area contributed by atoms with E-state index in [9.17, 15) is 18.0 Å². The van der Waals surface area contributed by atoms with Gasteiger partial charge in [-0.25, -0.2) is 9.18 Å². The fraction of sp³-hybridized carbons (Fsp3) is 0.273. The molecule has 1 rings (SSSR count). The van der Waals surface area contributed by atoms with Crippen LogP contribution in [0.5, 0.6) is 5.75 Å². The van der Waals surface area contributed by atoms with Crippen molar-refractivity contribution in [2.75, 3.05) is 6.61 Å².